The van der Waals surface area contributed by atoms with Crippen LogP contribution in [0, 0.1) is 0 Å². The normalized spacial score (nSPS) is 16.7. The highest BCUT2D eigenvalue weighted by molar-refractivity contribution is 8.01. The fourth-order valence-electron chi connectivity index (χ4n) is 2.53. The van der Waals surface area contributed by atoms with Gasteiger partial charge in [0, 0.05) is 31.2 Å². The molecule has 0 bridgehead atoms. The van der Waals surface area contributed by atoms with E-state index in [-0.39, 0.29) is 22.6 Å². The molecule has 0 radical (unpaired) electrons. The van der Waals surface area contributed by atoms with E-state index in [9.17, 15) is 13.2 Å². The highest BCUT2D eigenvalue weighted by Gasteiger charge is 2.25. The lowest BCUT2D eigenvalue weighted by Gasteiger charge is -2.21. The summed E-state index contributed by atoms with van der Waals surface area (Å²) in [5, 5.41) is 2.57. The van der Waals surface area contributed by atoms with E-state index in [2.05, 4.69) is 10.0 Å². The molecule has 0 spiro atoms. The van der Waals surface area contributed by atoms with Crippen molar-refractivity contribution in [1.82, 2.24) is 4.72 Å². The monoisotopic (exact) mass is 391 g/mol. The summed E-state index contributed by atoms with van der Waals surface area (Å²) in [6.45, 7) is 2.02. The maximum atomic E-state index is 12.6. The first kappa shape index (κ1) is 18.8. The second kappa shape index (κ2) is 7.30. The van der Waals surface area contributed by atoms with Crippen molar-refractivity contribution >= 4 is 39.1 Å². The van der Waals surface area contributed by atoms with Crippen LogP contribution >= 0.6 is 11.8 Å². The summed E-state index contributed by atoms with van der Waals surface area (Å²) in [5.74, 6) is -0.119. The molecule has 2 N–H and O–H groups in total. The minimum absolute atomic E-state index is 0.119. The first-order valence-corrected chi connectivity index (χ1v) is 10.5. The number of nitrogens with one attached hydrogen (secondary N) is 2. The van der Waals surface area contributed by atoms with Crippen molar-refractivity contribution < 1.29 is 13.2 Å². The van der Waals surface area contributed by atoms with Gasteiger partial charge in [0.15, 0.2) is 0 Å². The molecule has 3 rings (SSSR count). The summed E-state index contributed by atoms with van der Waals surface area (Å²) in [4.78, 5) is 14.8. The number of thioether (sulfide) groups is 1. The molecule has 1 amide bonds. The Labute approximate surface area is 158 Å². The Balaban J connectivity index is 1.74. The predicted octanol–water partition coefficient (Wildman–Crippen LogP) is 2.66. The highest BCUT2D eigenvalue weighted by Crippen LogP contribution is 2.36. The van der Waals surface area contributed by atoms with Gasteiger partial charge in [-0.2, -0.15) is 0 Å². The number of fused-ring (bicyclic) bond motifs is 1. The van der Waals surface area contributed by atoms with E-state index in [0.29, 0.717) is 5.69 Å². The molecular formula is C18H21N3O3S2. The van der Waals surface area contributed by atoms with E-state index in [4.69, 9.17) is 0 Å². The van der Waals surface area contributed by atoms with Crippen LogP contribution in [-0.2, 0) is 21.4 Å². The van der Waals surface area contributed by atoms with Crippen LogP contribution in [0.5, 0.6) is 0 Å². The second-order valence-corrected chi connectivity index (χ2v) is 9.44. The minimum Gasteiger partial charge on any atom is -0.378 e. The van der Waals surface area contributed by atoms with Gasteiger partial charge in [0.25, 0.3) is 0 Å². The van der Waals surface area contributed by atoms with E-state index in [1.54, 1.807) is 12.1 Å². The topological polar surface area (TPSA) is 78.5 Å². The van der Waals surface area contributed by atoms with Gasteiger partial charge in [0.2, 0.25) is 15.9 Å². The van der Waals surface area contributed by atoms with Crippen LogP contribution in [-0.4, -0.2) is 33.7 Å². The molecule has 26 heavy (non-hydrogen) atoms. The van der Waals surface area contributed by atoms with Crippen LogP contribution in [0.1, 0.15) is 12.5 Å². The van der Waals surface area contributed by atoms with Gasteiger partial charge in [-0.1, -0.05) is 12.1 Å². The number of benzene rings is 2. The van der Waals surface area contributed by atoms with Gasteiger partial charge in [-0.05, 0) is 42.8 Å². The molecule has 0 aliphatic carbocycles. The van der Waals surface area contributed by atoms with Crippen molar-refractivity contribution in [3.8, 4) is 0 Å². The Bertz CT molecular complexity index is 925. The molecule has 1 aliphatic heterocycles. The standard InChI is InChI=1S/C18H21N3O3S2/c1-12-18(22)20-16-10-15(8-9-17(16)25-12)26(23,24)19-11-13-4-6-14(7-5-13)21(2)3/h4-10,12,19H,11H2,1-3H3,(H,20,22)/t12-/m1/s1. The zero-order valence-electron chi connectivity index (χ0n) is 14.8. The third kappa shape index (κ3) is 4.03. The van der Waals surface area contributed by atoms with Crippen molar-refractivity contribution in [2.24, 2.45) is 0 Å². The number of hydrogen-bond acceptors (Lipinski definition) is 5. The Hall–Kier alpha value is -2.03. The minimum atomic E-state index is -3.67. The Morgan fingerprint density at radius 2 is 1.85 bits per heavy atom. The SMILES string of the molecule is C[C@H]1Sc2ccc(S(=O)(=O)NCc3ccc(N(C)C)cc3)cc2NC1=O. The largest absolute Gasteiger partial charge is 0.378 e. The third-order valence-corrected chi connectivity index (χ3v) is 6.69. The van der Waals surface area contributed by atoms with Gasteiger partial charge in [0.05, 0.1) is 15.8 Å². The van der Waals surface area contributed by atoms with Gasteiger partial charge in [0.1, 0.15) is 0 Å². The number of carbonyl (C=O) groups is 1. The molecule has 1 aliphatic rings. The van der Waals surface area contributed by atoms with Crippen molar-refractivity contribution in [3.05, 3.63) is 48.0 Å². The summed E-state index contributed by atoms with van der Waals surface area (Å²) in [6.07, 6.45) is 0. The zero-order valence-corrected chi connectivity index (χ0v) is 16.4. The smallest absolute Gasteiger partial charge is 0.240 e. The second-order valence-electron chi connectivity index (χ2n) is 6.29. The van der Waals surface area contributed by atoms with Gasteiger partial charge in [-0.15, -0.1) is 11.8 Å². The molecule has 138 valence electrons. The molecule has 2 aromatic rings. The molecule has 8 heteroatoms. The molecular weight excluding hydrogens is 370 g/mol. The van der Waals surface area contributed by atoms with Crippen molar-refractivity contribution in [2.45, 2.75) is 28.5 Å². The number of hydrogen-bond donors (Lipinski definition) is 2. The van der Waals surface area contributed by atoms with Gasteiger partial charge >= 0.3 is 0 Å². The van der Waals surface area contributed by atoms with Crippen LogP contribution in [0.15, 0.2) is 52.3 Å². The Kier molecular flexibility index (Phi) is 5.27. The molecule has 0 fully saturated rings. The number of carbonyl (C=O) groups excluding carboxylic acids is 1. The fourth-order valence-corrected chi connectivity index (χ4v) is 4.50. The molecule has 0 unspecified atom stereocenters. The van der Waals surface area contributed by atoms with Crippen LogP contribution < -0.4 is 14.9 Å². The summed E-state index contributed by atoms with van der Waals surface area (Å²) < 4.78 is 27.8. The summed E-state index contributed by atoms with van der Waals surface area (Å²) >= 11 is 1.42. The molecule has 6 nitrogen and oxygen atoms in total. The molecule has 1 heterocycles. The summed E-state index contributed by atoms with van der Waals surface area (Å²) in [6, 6.07) is 12.5. The van der Waals surface area contributed by atoms with E-state index in [0.717, 1.165) is 16.1 Å². The van der Waals surface area contributed by atoms with Crippen LogP contribution in [0.2, 0.25) is 0 Å². The number of anilines is 2. The molecule has 0 aromatic heterocycles. The van der Waals surface area contributed by atoms with Crippen LogP contribution in [0.3, 0.4) is 0 Å². The third-order valence-electron chi connectivity index (χ3n) is 4.11. The number of nitrogens with zero attached hydrogens (tertiary/aromatic N) is 1. The fraction of sp³-hybridized carbons (Fsp3) is 0.278. The highest BCUT2D eigenvalue weighted by atomic mass is 32.2. The number of amides is 1. The van der Waals surface area contributed by atoms with Crippen molar-refractivity contribution in [2.75, 3.05) is 24.3 Å². The van der Waals surface area contributed by atoms with Crippen LogP contribution in [0.25, 0.3) is 0 Å². The molecule has 2 aromatic carbocycles. The molecule has 0 saturated carbocycles. The lowest BCUT2D eigenvalue weighted by Crippen LogP contribution is -2.27. The van der Waals surface area contributed by atoms with E-state index in [1.807, 2.05) is 50.2 Å². The first-order valence-electron chi connectivity index (χ1n) is 8.14. The Morgan fingerprint density at radius 1 is 1.15 bits per heavy atom. The van der Waals surface area contributed by atoms with Gasteiger partial charge in [-0.25, -0.2) is 13.1 Å². The summed E-state index contributed by atoms with van der Waals surface area (Å²) in [7, 11) is 0.230. The van der Waals surface area contributed by atoms with E-state index in [1.165, 1.54) is 17.8 Å². The quantitative estimate of drug-likeness (QED) is 0.819. The predicted molar refractivity (Wildman–Crippen MR) is 105 cm³/mol. The van der Waals surface area contributed by atoms with Crippen molar-refractivity contribution in [1.29, 1.82) is 0 Å². The summed E-state index contributed by atoms with van der Waals surface area (Å²) in [5.41, 5.74) is 2.46. The molecule has 1 atom stereocenters. The van der Waals surface area contributed by atoms with Crippen LogP contribution in [0.4, 0.5) is 11.4 Å². The van der Waals surface area contributed by atoms with Gasteiger partial charge in [-0.3, -0.25) is 4.79 Å². The van der Waals surface area contributed by atoms with Gasteiger partial charge < -0.3 is 10.2 Å². The first-order chi connectivity index (χ1) is 12.3. The van der Waals surface area contributed by atoms with Crippen molar-refractivity contribution in [3.63, 3.8) is 0 Å². The lowest BCUT2D eigenvalue weighted by atomic mass is 10.2. The van der Waals surface area contributed by atoms with E-state index < -0.39 is 10.0 Å². The zero-order chi connectivity index (χ0) is 18.9. The number of rotatable bonds is 5. The maximum absolute atomic E-state index is 12.6. The maximum Gasteiger partial charge on any atom is 0.240 e. The Morgan fingerprint density at radius 3 is 2.50 bits per heavy atom. The number of sulfonamides is 1. The lowest BCUT2D eigenvalue weighted by molar-refractivity contribution is -0.115. The molecule has 0 saturated heterocycles. The average Bonchev–Trinajstić information content (AvgIpc) is 2.61. The van der Waals surface area contributed by atoms with E-state index >= 15 is 0 Å². The average molecular weight is 392 g/mol.